The zero-order valence-corrected chi connectivity index (χ0v) is 21.6. The van der Waals surface area contributed by atoms with E-state index in [0.29, 0.717) is 32.2 Å². The standard InChI is InChI=1S/C26H39NO8/c1-14-16(13-19(29)34-12-11-27-5)7-8-17-20(14)21(30)22(31)23-25(17,3)10-9-18(35-15(2)28)26(23,4)24(32)33-6/h13-14,17-18,20-21,23,27,30H,7-12H2,1-6H3/b16-13+/t14-,17-,18+,20-,21+,23+,25+,26-/m1/s1. The van der Waals surface area contributed by atoms with Crippen LogP contribution in [0.15, 0.2) is 11.6 Å². The molecule has 0 aromatic rings. The van der Waals surface area contributed by atoms with E-state index in [4.69, 9.17) is 14.2 Å². The highest BCUT2D eigenvalue weighted by Crippen LogP contribution is 2.64. The Balaban J connectivity index is 1.97. The Kier molecular flexibility index (Phi) is 8.11. The van der Waals surface area contributed by atoms with Crippen LogP contribution in [-0.2, 0) is 33.4 Å². The summed E-state index contributed by atoms with van der Waals surface area (Å²) >= 11 is 0. The van der Waals surface area contributed by atoms with Gasteiger partial charge in [-0.1, -0.05) is 19.4 Å². The van der Waals surface area contributed by atoms with Crippen molar-refractivity contribution in [3.8, 4) is 0 Å². The first kappa shape index (κ1) is 27.3. The predicted octanol–water partition coefficient (Wildman–Crippen LogP) is 1.81. The van der Waals surface area contributed by atoms with E-state index in [0.717, 1.165) is 5.57 Å². The molecule has 0 aromatic carbocycles. The van der Waals surface area contributed by atoms with Crippen LogP contribution in [0.1, 0.15) is 53.4 Å². The van der Waals surface area contributed by atoms with Crippen LogP contribution in [0, 0.1) is 34.5 Å². The second kappa shape index (κ2) is 10.4. The second-order valence-corrected chi connectivity index (χ2v) is 10.7. The predicted molar refractivity (Wildman–Crippen MR) is 126 cm³/mol. The number of methoxy groups -OCH3 is 1. The molecule has 3 aliphatic rings. The maximum Gasteiger partial charge on any atom is 0.330 e. The summed E-state index contributed by atoms with van der Waals surface area (Å²) in [6.45, 7) is 7.66. The first-order chi connectivity index (χ1) is 16.4. The average molecular weight is 494 g/mol. The first-order valence-electron chi connectivity index (χ1n) is 12.4. The van der Waals surface area contributed by atoms with Gasteiger partial charge in [-0.15, -0.1) is 0 Å². The van der Waals surface area contributed by atoms with Crippen LogP contribution in [0.3, 0.4) is 0 Å². The van der Waals surface area contributed by atoms with E-state index >= 15 is 0 Å². The minimum atomic E-state index is -1.41. The minimum Gasteiger partial charge on any atom is -0.468 e. The number of likely N-dealkylation sites (N-methyl/N-ethyl adjacent to an activating group) is 1. The average Bonchev–Trinajstić information content (AvgIpc) is 2.80. The van der Waals surface area contributed by atoms with Crippen LogP contribution in [-0.4, -0.2) is 68.3 Å². The summed E-state index contributed by atoms with van der Waals surface area (Å²) < 4.78 is 15.9. The molecule has 196 valence electrons. The summed E-state index contributed by atoms with van der Waals surface area (Å²) in [7, 11) is 3.03. The van der Waals surface area contributed by atoms with Gasteiger partial charge in [0.25, 0.3) is 0 Å². The molecule has 3 rings (SSSR count). The summed E-state index contributed by atoms with van der Waals surface area (Å²) in [6, 6.07) is 0. The van der Waals surface area contributed by atoms with Gasteiger partial charge in [-0.2, -0.15) is 0 Å². The highest BCUT2D eigenvalue weighted by molar-refractivity contribution is 5.94. The number of ketones is 1. The normalized spacial score (nSPS) is 39.9. The highest BCUT2D eigenvalue weighted by Gasteiger charge is 2.69. The number of fused-ring (bicyclic) bond motifs is 3. The smallest absolute Gasteiger partial charge is 0.330 e. The molecule has 8 atom stereocenters. The van der Waals surface area contributed by atoms with Gasteiger partial charge in [0.2, 0.25) is 0 Å². The van der Waals surface area contributed by atoms with Gasteiger partial charge in [0.15, 0.2) is 5.78 Å². The third kappa shape index (κ3) is 4.65. The fourth-order valence-corrected chi connectivity index (χ4v) is 7.24. The van der Waals surface area contributed by atoms with Crippen molar-refractivity contribution >= 4 is 23.7 Å². The lowest BCUT2D eigenvalue weighted by Gasteiger charge is -2.62. The third-order valence-electron chi connectivity index (χ3n) is 8.86. The van der Waals surface area contributed by atoms with Gasteiger partial charge < -0.3 is 24.6 Å². The lowest BCUT2D eigenvalue weighted by molar-refractivity contribution is -0.215. The van der Waals surface area contributed by atoms with Gasteiger partial charge in [-0.25, -0.2) is 4.79 Å². The summed E-state index contributed by atoms with van der Waals surface area (Å²) in [4.78, 5) is 51.1. The fourth-order valence-electron chi connectivity index (χ4n) is 7.24. The Bertz CT molecular complexity index is 900. The van der Waals surface area contributed by atoms with E-state index in [2.05, 4.69) is 5.32 Å². The van der Waals surface area contributed by atoms with E-state index in [1.165, 1.54) is 20.1 Å². The molecule has 0 spiro atoms. The number of carbonyl (C=O) groups excluding carboxylic acids is 4. The number of rotatable bonds is 6. The molecule has 9 heteroatoms. The molecule has 0 saturated heterocycles. The molecule has 0 unspecified atom stereocenters. The minimum absolute atomic E-state index is 0.0603. The Morgan fingerprint density at radius 1 is 1.23 bits per heavy atom. The Labute approximate surface area is 206 Å². The van der Waals surface area contributed by atoms with Crippen molar-refractivity contribution in [2.24, 2.45) is 34.5 Å². The lowest BCUT2D eigenvalue weighted by Crippen LogP contribution is -2.68. The molecule has 2 N–H and O–H groups in total. The number of nitrogens with one attached hydrogen (secondary N) is 1. The number of ether oxygens (including phenoxy) is 3. The maximum absolute atomic E-state index is 13.8. The van der Waals surface area contributed by atoms with Gasteiger partial charge in [-0.05, 0) is 56.9 Å². The van der Waals surface area contributed by atoms with E-state index in [-0.39, 0.29) is 24.4 Å². The number of hydrogen-bond donors (Lipinski definition) is 2. The quantitative estimate of drug-likeness (QED) is 0.246. The van der Waals surface area contributed by atoms with Gasteiger partial charge >= 0.3 is 17.9 Å². The van der Waals surface area contributed by atoms with Gasteiger partial charge in [0.05, 0.1) is 7.11 Å². The van der Waals surface area contributed by atoms with Gasteiger partial charge in [0.1, 0.15) is 24.2 Å². The van der Waals surface area contributed by atoms with E-state index in [1.54, 1.807) is 14.0 Å². The molecule has 0 bridgehead atoms. The molecule has 0 radical (unpaired) electrons. The summed E-state index contributed by atoms with van der Waals surface area (Å²) in [5, 5.41) is 14.2. The Morgan fingerprint density at radius 3 is 2.51 bits per heavy atom. The van der Waals surface area contributed by atoms with E-state index in [9.17, 15) is 24.3 Å². The molecule has 0 amide bonds. The second-order valence-electron chi connectivity index (χ2n) is 10.7. The molecule has 0 aromatic heterocycles. The lowest BCUT2D eigenvalue weighted by atomic mass is 9.41. The van der Waals surface area contributed by atoms with Gasteiger partial charge in [-0.3, -0.25) is 14.4 Å². The van der Waals surface area contributed by atoms with Crippen LogP contribution in [0.25, 0.3) is 0 Å². The monoisotopic (exact) mass is 493 g/mol. The van der Waals surface area contributed by atoms with Crippen molar-refractivity contribution in [2.75, 3.05) is 27.3 Å². The number of carbonyl (C=O) groups is 4. The molecular weight excluding hydrogens is 454 g/mol. The number of aliphatic hydroxyl groups excluding tert-OH is 1. The van der Waals surface area contributed by atoms with E-state index < -0.39 is 52.6 Å². The largest absolute Gasteiger partial charge is 0.468 e. The number of allylic oxidation sites excluding steroid dienone is 1. The highest BCUT2D eigenvalue weighted by atomic mass is 16.6. The van der Waals surface area contributed by atoms with Crippen LogP contribution in [0.4, 0.5) is 0 Å². The SMILES string of the molecule is CNCCOC(=O)/C=C1\CC[C@@H]2[C@H]([C@H](O)C(=O)[C@H]3[C@@]2(C)CC[C@H](OC(C)=O)[C@@]3(C)C(=O)OC)[C@@H]1C. The Hall–Kier alpha value is -2.26. The van der Waals surface area contributed by atoms with Crippen LogP contribution in [0.5, 0.6) is 0 Å². The molecule has 0 heterocycles. The molecule has 3 aliphatic carbocycles. The van der Waals surface area contributed by atoms with Crippen LogP contribution < -0.4 is 5.32 Å². The van der Waals surface area contributed by atoms with Gasteiger partial charge in [0, 0.05) is 31.4 Å². The molecule has 35 heavy (non-hydrogen) atoms. The topological polar surface area (TPSA) is 128 Å². The summed E-state index contributed by atoms with van der Waals surface area (Å²) in [5.41, 5.74) is -1.15. The van der Waals surface area contributed by atoms with Crippen molar-refractivity contribution in [1.29, 1.82) is 0 Å². The number of esters is 3. The zero-order chi connectivity index (χ0) is 26.1. The Morgan fingerprint density at radius 2 is 1.91 bits per heavy atom. The van der Waals surface area contributed by atoms with E-state index in [1.807, 2.05) is 13.8 Å². The number of Topliss-reactive ketones (excluding diaryl/α,β-unsaturated/α-hetero) is 1. The summed E-state index contributed by atoms with van der Waals surface area (Å²) in [5.74, 6) is -3.52. The van der Waals surface area contributed by atoms with Crippen LogP contribution in [0.2, 0.25) is 0 Å². The molecule has 9 nitrogen and oxygen atoms in total. The van der Waals surface area contributed by atoms with Crippen molar-refractivity contribution in [2.45, 2.75) is 65.6 Å². The van der Waals surface area contributed by atoms with Crippen molar-refractivity contribution in [1.82, 2.24) is 5.32 Å². The molecule has 3 fully saturated rings. The first-order valence-corrected chi connectivity index (χ1v) is 12.4. The zero-order valence-electron chi connectivity index (χ0n) is 21.6. The summed E-state index contributed by atoms with van der Waals surface area (Å²) in [6.07, 6.45) is 1.66. The maximum atomic E-state index is 13.8. The fraction of sp³-hybridized carbons (Fsp3) is 0.769. The number of aliphatic hydroxyl groups is 1. The molecule has 0 aliphatic heterocycles. The van der Waals surface area contributed by atoms with Crippen molar-refractivity contribution < 1.29 is 38.5 Å². The van der Waals surface area contributed by atoms with Crippen molar-refractivity contribution in [3.05, 3.63) is 11.6 Å². The third-order valence-corrected chi connectivity index (χ3v) is 8.86. The van der Waals surface area contributed by atoms with Crippen molar-refractivity contribution in [3.63, 3.8) is 0 Å². The van der Waals surface area contributed by atoms with Crippen LogP contribution >= 0.6 is 0 Å². The number of hydrogen-bond acceptors (Lipinski definition) is 9. The molecular formula is C26H39NO8. The molecule has 3 saturated carbocycles.